The molecular weight excluding hydrogens is 418 g/mol. The van der Waals surface area contributed by atoms with Gasteiger partial charge in [-0.3, -0.25) is 0 Å². The first-order chi connectivity index (χ1) is 14.4. The average Bonchev–Trinajstić information content (AvgIpc) is 3.38. The third-order valence-corrected chi connectivity index (χ3v) is 7.55. The van der Waals surface area contributed by atoms with Crippen LogP contribution in [0.5, 0.6) is 0 Å². The highest BCUT2D eigenvalue weighted by molar-refractivity contribution is 7.91. The summed E-state index contributed by atoms with van der Waals surface area (Å²) in [6.45, 7) is 3.63. The Bertz CT molecular complexity index is 1510. The SMILES string of the molecule is Cc1ccc(C)c(S(=O)(=O)c2nnn3c2nc(Nc2ccccc2)c2sccc23)c1. The molecule has 0 saturated heterocycles. The zero-order chi connectivity index (χ0) is 20.9. The number of aromatic nitrogens is 4. The minimum atomic E-state index is -3.90. The van der Waals surface area contributed by atoms with Gasteiger partial charge in [0.05, 0.1) is 15.1 Å². The molecule has 5 aromatic rings. The number of nitrogens with zero attached hydrogens (tertiary/aromatic N) is 4. The minimum Gasteiger partial charge on any atom is -0.339 e. The fraction of sp³-hybridized carbons (Fsp3) is 0.0952. The molecule has 0 atom stereocenters. The van der Waals surface area contributed by atoms with Gasteiger partial charge in [-0.2, -0.15) is 4.52 Å². The number of anilines is 2. The number of benzene rings is 2. The second-order valence-corrected chi connectivity index (χ2v) is 9.74. The van der Waals surface area contributed by atoms with Gasteiger partial charge in [-0.25, -0.2) is 13.4 Å². The van der Waals surface area contributed by atoms with Crippen LogP contribution in [0.4, 0.5) is 11.5 Å². The molecule has 7 nitrogen and oxygen atoms in total. The maximum Gasteiger partial charge on any atom is 0.229 e. The molecule has 0 amide bonds. The normalized spacial score (nSPS) is 11.9. The number of sulfone groups is 1. The summed E-state index contributed by atoms with van der Waals surface area (Å²) in [5.41, 5.74) is 3.31. The first-order valence-corrected chi connectivity index (χ1v) is 11.6. The molecule has 3 heterocycles. The van der Waals surface area contributed by atoms with Crippen molar-refractivity contribution in [1.82, 2.24) is 19.8 Å². The first kappa shape index (κ1) is 18.7. The zero-order valence-electron chi connectivity index (χ0n) is 16.2. The van der Waals surface area contributed by atoms with E-state index in [0.717, 1.165) is 21.5 Å². The number of para-hydroxylation sites is 1. The van der Waals surface area contributed by atoms with Gasteiger partial charge in [0.15, 0.2) is 11.5 Å². The molecule has 0 aliphatic carbocycles. The predicted molar refractivity (Wildman–Crippen MR) is 117 cm³/mol. The van der Waals surface area contributed by atoms with Crippen molar-refractivity contribution >= 4 is 48.5 Å². The minimum absolute atomic E-state index is 0.152. The summed E-state index contributed by atoms with van der Waals surface area (Å²) in [6.07, 6.45) is 0. The molecule has 150 valence electrons. The molecule has 9 heteroatoms. The van der Waals surface area contributed by atoms with Crippen molar-refractivity contribution in [3.8, 4) is 0 Å². The highest BCUT2D eigenvalue weighted by Crippen LogP contribution is 2.33. The van der Waals surface area contributed by atoms with Crippen LogP contribution in [-0.2, 0) is 9.84 Å². The van der Waals surface area contributed by atoms with Gasteiger partial charge in [-0.1, -0.05) is 35.5 Å². The van der Waals surface area contributed by atoms with Crippen molar-refractivity contribution in [1.29, 1.82) is 0 Å². The molecule has 0 aliphatic heterocycles. The summed E-state index contributed by atoms with van der Waals surface area (Å²) >= 11 is 1.50. The number of hydrogen-bond donors (Lipinski definition) is 1. The topological polar surface area (TPSA) is 89.2 Å². The van der Waals surface area contributed by atoms with E-state index in [9.17, 15) is 8.42 Å². The number of fused-ring (bicyclic) bond motifs is 3. The molecule has 0 radical (unpaired) electrons. The predicted octanol–water partition coefficient (Wildman–Crippen LogP) is 4.53. The summed E-state index contributed by atoms with van der Waals surface area (Å²) in [4.78, 5) is 4.85. The Morgan fingerprint density at radius 2 is 1.83 bits per heavy atom. The lowest BCUT2D eigenvalue weighted by atomic mass is 10.2. The van der Waals surface area contributed by atoms with Crippen molar-refractivity contribution in [2.75, 3.05) is 5.32 Å². The zero-order valence-corrected chi connectivity index (χ0v) is 17.8. The third kappa shape index (κ3) is 2.94. The lowest BCUT2D eigenvalue weighted by Gasteiger charge is -2.09. The molecule has 3 aromatic heterocycles. The highest BCUT2D eigenvalue weighted by atomic mass is 32.2. The smallest absolute Gasteiger partial charge is 0.229 e. The van der Waals surface area contributed by atoms with E-state index in [0.29, 0.717) is 11.4 Å². The quantitative estimate of drug-likeness (QED) is 0.446. The molecule has 5 rings (SSSR count). The van der Waals surface area contributed by atoms with Crippen LogP contribution in [0.2, 0.25) is 0 Å². The fourth-order valence-electron chi connectivity index (χ4n) is 3.34. The van der Waals surface area contributed by atoms with Gasteiger partial charge in [0.1, 0.15) is 0 Å². The Balaban J connectivity index is 1.75. The van der Waals surface area contributed by atoms with Crippen molar-refractivity contribution in [3.05, 3.63) is 71.1 Å². The maximum atomic E-state index is 13.5. The second kappa shape index (κ2) is 6.89. The van der Waals surface area contributed by atoms with Crippen LogP contribution in [0.3, 0.4) is 0 Å². The Hall–Kier alpha value is -3.30. The lowest BCUT2D eigenvalue weighted by Crippen LogP contribution is -2.07. The van der Waals surface area contributed by atoms with Crippen LogP contribution in [0, 0.1) is 13.8 Å². The van der Waals surface area contributed by atoms with Gasteiger partial charge >= 0.3 is 0 Å². The summed E-state index contributed by atoms with van der Waals surface area (Å²) in [5, 5.41) is 13.2. The van der Waals surface area contributed by atoms with E-state index in [1.807, 2.05) is 54.8 Å². The standard InChI is InChI=1S/C21H17N5O2S2/c1-13-8-9-14(2)17(12-13)30(27,28)21-20-23-19(22-15-6-4-3-5-7-15)18-16(10-11-29-18)26(20)25-24-21/h3-12H,1-2H3,(H,22,23). The van der Waals surface area contributed by atoms with Crippen molar-refractivity contribution in [2.45, 2.75) is 23.8 Å². The van der Waals surface area contributed by atoms with E-state index in [2.05, 4.69) is 20.6 Å². The van der Waals surface area contributed by atoms with Gasteiger partial charge in [0.25, 0.3) is 0 Å². The summed E-state index contributed by atoms with van der Waals surface area (Å²) in [5.74, 6) is 0.568. The molecule has 30 heavy (non-hydrogen) atoms. The molecule has 2 aromatic carbocycles. The summed E-state index contributed by atoms with van der Waals surface area (Å²) in [6, 6.07) is 16.8. The molecular formula is C21H17N5O2S2. The monoisotopic (exact) mass is 435 g/mol. The Morgan fingerprint density at radius 3 is 2.63 bits per heavy atom. The Labute approximate surface area is 176 Å². The molecule has 0 saturated carbocycles. The van der Waals surface area contributed by atoms with Gasteiger partial charge in [-0.15, -0.1) is 16.4 Å². The van der Waals surface area contributed by atoms with Crippen LogP contribution >= 0.6 is 11.3 Å². The van der Waals surface area contributed by atoms with Gasteiger partial charge in [0, 0.05) is 5.69 Å². The number of hydrogen-bond acceptors (Lipinski definition) is 7. The maximum absolute atomic E-state index is 13.5. The first-order valence-electron chi connectivity index (χ1n) is 9.22. The van der Waals surface area contributed by atoms with Crippen molar-refractivity contribution < 1.29 is 8.42 Å². The van der Waals surface area contributed by atoms with Crippen LogP contribution in [0.25, 0.3) is 15.9 Å². The second-order valence-electron chi connectivity index (χ2n) is 6.99. The van der Waals surface area contributed by atoms with Crippen LogP contribution in [-0.4, -0.2) is 28.2 Å². The largest absolute Gasteiger partial charge is 0.339 e. The van der Waals surface area contributed by atoms with E-state index >= 15 is 0 Å². The van der Waals surface area contributed by atoms with Crippen LogP contribution in [0.15, 0.2) is 69.9 Å². The lowest BCUT2D eigenvalue weighted by molar-refractivity contribution is 0.592. The molecule has 0 spiro atoms. The van der Waals surface area contributed by atoms with Gasteiger partial charge in [-0.05, 0) is 54.6 Å². The van der Waals surface area contributed by atoms with Crippen LogP contribution in [0.1, 0.15) is 11.1 Å². The van der Waals surface area contributed by atoms with Crippen LogP contribution < -0.4 is 5.32 Å². The van der Waals surface area contributed by atoms with E-state index in [1.165, 1.54) is 15.9 Å². The van der Waals surface area contributed by atoms with E-state index in [-0.39, 0.29) is 15.6 Å². The van der Waals surface area contributed by atoms with E-state index < -0.39 is 9.84 Å². The molecule has 1 N–H and O–H groups in total. The number of nitrogens with one attached hydrogen (secondary N) is 1. The third-order valence-electron chi connectivity index (χ3n) is 4.85. The highest BCUT2D eigenvalue weighted by Gasteiger charge is 2.28. The molecule has 0 fully saturated rings. The number of aryl methyl sites for hydroxylation is 2. The van der Waals surface area contributed by atoms with E-state index in [4.69, 9.17) is 0 Å². The number of rotatable bonds is 4. The van der Waals surface area contributed by atoms with Crippen molar-refractivity contribution in [3.63, 3.8) is 0 Å². The fourth-order valence-corrected chi connectivity index (χ4v) is 5.72. The Kier molecular flexibility index (Phi) is 4.30. The van der Waals surface area contributed by atoms with Gasteiger partial charge in [0.2, 0.25) is 14.9 Å². The summed E-state index contributed by atoms with van der Waals surface area (Å²) in [7, 11) is -3.90. The van der Waals surface area contributed by atoms with E-state index in [1.54, 1.807) is 19.1 Å². The average molecular weight is 436 g/mol. The molecule has 0 bridgehead atoms. The van der Waals surface area contributed by atoms with Crippen molar-refractivity contribution in [2.24, 2.45) is 0 Å². The Morgan fingerprint density at radius 1 is 1.03 bits per heavy atom. The molecule has 0 unspecified atom stereocenters. The summed E-state index contributed by atoms with van der Waals surface area (Å²) < 4.78 is 29.3. The number of thiophene rings is 1. The molecule has 0 aliphatic rings. The van der Waals surface area contributed by atoms with Gasteiger partial charge < -0.3 is 5.32 Å².